The van der Waals surface area contributed by atoms with Crippen LogP contribution < -0.4 is 5.32 Å². The predicted octanol–water partition coefficient (Wildman–Crippen LogP) is 3.09. The van der Waals surface area contributed by atoms with Gasteiger partial charge in [-0.15, -0.1) is 5.10 Å². The molecule has 0 spiro atoms. The summed E-state index contributed by atoms with van der Waals surface area (Å²) in [5, 5.41) is 15.8. The first kappa shape index (κ1) is 14.6. The van der Waals surface area contributed by atoms with E-state index in [1.165, 1.54) is 4.68 Å². The standard InChI is InChI=1S/C15H16N4O2/c1-15(2,3)21-14(20)17-13-11(9-16)10-19(18-13)12-7-5-4-6-8-12/h4-8,10H,1-3H3,(H,17,18,20). The minimum absolute atomic E-state index is 0.176. The van der Waals surface area contributed by atoms with Gasteiger partial charge < -0.3 is 4.74 Å². The highest BCUT2D eigenvalue weighted by Gasteiger charge is 2.19. The number of rotatable bonds is 2. The first-order chi connectivity index (χ1) is 9.89. The van der Waals surface area contributed by atoms with Crippen molar-refractivity contribution in [2.45, 2.75) is 26.4 Å². The molecule has 0 bridgehead atoms. The Kier molecular flexibility index (Phi) is 3.94. The number of nitriles is 1. The van der Waals surface area contributed by atoms with Gasteiger partial charge in [0.05, 0.1) is 11.9 Å². The van der Waals surface area contributed by atoms with E-state index in [0.717, 1.165) is 5.69 Å². The third-order valence-corrected chi connectivity index (χ3v) is 2.47. The van der Waals surface area contributed by atoms with Crippen LogP contribution in [0.3, 0.4) is 0 Å². The molecule has 1 aromatic heterocycles. The molecule has 2 rings (SSSR count). The maximum absolute atomic E-state index is 11.8. The zero-order valence-electron chi connectivity index (χ0n) is 12.1. The van der Waals surface area contributed by atoms with Gasteiger partial charge in [0.2, 0.25) is 0 Å². The summed E-state index contributed by atoms with van der Waals surface area (Å²) in [4.78, 5) is 11.8. The lowest BCUT2D eigenvalue weighted by Gasteiger charge is -2.19. The monoisotopic (exact) mass is 284 g/mol. The average molecular weight is 284 g/mol. The van der Waals surface area contributed by atoms with Gasteiger partial charge in [-0.25, -0.2) is 9.48 Å². The molecule has 0 saturated heterocycles. The zero-order valence-corrected chi connectivity index (χ0v) is 12.1. The van der Waals surface area contributed by atoms with E-state index in [9.17, 15) is 4.79 Å². The van der Waals surface area contributed by atoms with Gasteiger partial charge in [-0.1, -0.05) is 18.2 Å². The number of amides is 1. The Balaban J connectivity index is 2.23. The average Bonchev–Trinajstić information content (AvgIpc) is 2.80. The molecule has 0 aliphatic rings. The Hall–Kier alpha value is -2.81. The number of ether oxygens (including phenoxy) is 1. The second-order valence-corrected chi connectivity index (χ2v) is 5.41. The van der Waals surface area contributed by atoms with Crippen molar-refractivity contribution >= 4 is 11.9 Å². The number of hydrogen-bond acceptors (Lipinski definition) is 4. The van der Waals surface area contributed by atoms with Crippen LogP contribution in [0.1, 0.15) is 26.3 Å². The molecular formula is C15H16N4O2. The van der Waals surface area contributed by atoms with Gasteiger partial charge in [-0.05, 0) is 32.9 Å². The van der Waals surface area contributed by atoms with Crippen LogP contribution in [0.4, 0.5) is 10.6 Å². The number of anilines is 1. The molecule has 0 saturated carbocycles. The summed E-state index contributed by atoms with van der Waals surface area (Å²) in [5.41, 5.74) is 0.453. The van der Waals surface area contributed by atoms with E-state index >= 15 is 0 Å². The zero-order chi connectivity index (χ0) is 15.5. The van der Waals surface area contributed by atoms with Gasteiger partial charge in [0.15, 0.2) is 5.82 Å². The number of hydrogen-bond donors (Lipinski definition) is 1. The molecule has 21 heavy (non-hydrogen) atoms. The number of para-hydroxylation sites is 1. The highest BCUT2D eigenvalue weighted by molar-refractivity contribution is 5.85. The van der Waals surface area contributed by atoms with Crippen LogP contribution in [0.15, 0.2) is 36.5 Å². The van der Waals surface area contributed by atoms with Crippen LogP contribution in [-0.2, 0) is 4.74 Å². The van der Waals surface area contributed by atoms with Crippen molar-refractivity contribution in [3.8, 4) is 11.8 Å². The molecule has 1 aromatic carbocycles. The lowest BCUT2D eigenvalue weighted by Crippen LogP contribution is -2.27. The third kappa shape index (κ3) is 3.83. The molecule has 0 fully saturated rings. The Bertz CT molecular complexity index is 678. The number of aromatic nitrogens is 2. The Morgan fingerprint density at radius 2 is 2.00 bits per heavy atom. The van der Waals surface area contributed by atoms with Gasteiger partial charge in [0.1, 0.15) is 17.2 Å². The summed E-state index contributed by atoms with van der Waals surface area (Å²) in [6, 6.07) is 11.3. The van der Waals surface area contributed by atoms with Gasteiger partial charge in [-0.3, -0.25) is 5.32 Å². The highest BCUT2D eigenvalue weighted by atomic mass is 16.6. The van der Waals surface area contributed by atoms with E-state index in [1.54, 1.807) is 27.0 Å². The van der Waals surface area contributed by atoms with Crippen molar-refractivity contribution in [1.29, 1.82) is 5.26 Å². The summed E-state index contributed by atoms with van der Waals surface area (Å²) < 4.78 is 6.68. The maximum atomic E-state index is 11.8. The number of nitrogens with zero attached hydrogens (tertiary/aromatic N) is 3. The SMILES string of the molecule is CC(C)(C)OC(=O)Nc1nn(-c2ccccc2)cc1C#N. The molecule has 1 amide bonds. The van der Waals surface area contributed by atoms with E-state index in [2.05, 4.69) is 10.4 Å². The lowest BCUT2D eigenvalue weighted by molar-refractivity contribution is 0.0635. The number of carbonyl (C=O) groups is 1. The summed E-state index contributed by atoms with van der Waals surface area (Å²) in [6.45, 7) is 5.29. The second kappa shape index (κ2) is 5.67. The quantitative estimate of drug-likeness (QED) is 0.919. The fraction of sp³-hybridized carbons (Fsp3) is 0.267. The first-order valence-electron chi connectivity index (χ1n) is 6.44. The van der Waals surface area contributed by atoms with Crippen molar-refractivity contribution in [1.82, 2.24) is 9.78 Å². The molecule has 0 unspecified atom stereocenters. The molecule has 6 nitrogen and oxygen atoms in total. The molecular weight excluding hydrogens is 268 g/mol. The molecule has 6 heteroatoms. The fourth-order valence-electron chi connectivity index (χ4n) is 1.66. The van der Waals surface area contributed by atoms with Gasteiger partial charge in [0, 0.05) is 0 Å². The van der Waals surface area contributed by atoms with Crippen LogP contribution >= 0.6 is 0 Å². The topological polar surface area (TPSA) is 79.9 Å². The smallest absolute Gasteiger partial charge is 0.413 e. The third-order valence-electron chi connectivity index (χ3n) is 2.47. The first-order valence-corrected chi connectivity index (χ1v) is 6.44. The van der Waals surface area contributed by atoms with Crippen molar-refractivity contribution < 1.29 is 9.53 Å². The lowest BCUT2D eigenvalue weighted by atomic mass is 10.2. The van der Waals surface area contributed by atoms with Crippen LogP contribution in [0.5, 0.6) is 0 Å². The Labute approximate surface area is 123 Å². The van der Waals surface area contributed by atoms with E-state index < -0.39 is 11.7 Å². The molecule has 0 radical (unpaired) electrons. The number of carbonyl (C=O) groups excluding carboxylic acids is 1. The molecule has 0 aliphatic heterocycles. The molecule has 0 atom stereocenters. The summed E-state index contributed by atoms with van der Waals surface area (Å²) >= 11 is 0. The molecule has 0 aliphatic carbocycles. The summed E-state index contributed by atoms with van der Waals surface area (Å²) in [5.74, 6) is 0.176. The van der Waals surface area contributed by atoms with Crippen molar-refractivity contribution in [2.75, 3.05) is 5.32 Å². The summed E-state index contributed by atoms with van der Waals surface area (Å²) in [7, 11) is 0. The highest BCUT2D eigenvalue weighted by Crippen LogP contribution is 2.17. The Morgan fingerprint density at radius 3 is 2.57 bits per heavy atom. The maximum Gasteiger partial charge on any atom is 0.413 e. The van der Waals surface area contributed by atoms with Gasteiger partial charge in [-0.2, -0.15) is 5.26 Å². The Morgan fingerprint density at radius 1 is 1.33 bits per heavy atom. The van der Waals surface area contributed by atoms with Crippen molar-refractivity contribution in [2.24, 2.45) is 0 Å². The molecule has 1 N–H and O–H groups in total. The molecule has 108 valence electrons. The fourth-order valence-corrected chi connectivity index (χ4v) is 1.66. The minimum atomic E-state index is -0.641. The van der Waals surface area contributed by atoms with Crippen LogP contribution in [-0.4, -0.2) is 21.5 Å². The largest absolute Gasteiger partial charge is 0.444 e. The molecule has 2 aromatic rings. The van der Waals surface area contributed by atoms with E-state index in [4.69, 9.17) is 10.00 Å². The van der Waals surface area contributed by atoms with Crippen LogP contribution in [0.25, 0.3) is 5.69 Å². The van der Waals surface area contributed by atoms with E-state index in [0.29, 0.717) is 0 Å². The van der Waals surface area contributed by atoms with Crippen molar-refractivity contribution in [3.05, 3.63) is 42.1 Å². The number of benzene rings is 1. The summed E-state index contributed by atoms with van der Waals surface area (Å²) in [6.07, 6.45) is 0.916. The molecule has 1 heterocycles. The van der Waals surface area contributed by atoms with Gasteiger partial charge in [0.25, 0.3) is 0 Å². The van der Waals surface area contributed by atoms with Crippen LogP contribution in [0, 0.1) is 11.3 Å². The van der Waals surface area contributed by atoms with E-state index in [1.807, 2.05) is 36.4 Å². The minimum Gasteiger partial charge on any atom is -0.444 e. The number of nitrogens with one attached hydrogen (secondary N) is 1. The van der Waals surface area contributed by atoms with Gasteiger partial charge >= 0.3 is 6.09 Å². The van der Waals surface area contributed by atoms with E-state index in [-0.39, 0.29) is 11.4 Å². The normalized spacial score (nSPS) is 10.8. The van der Waals surface area contributed by atoms with Crippen LogP contribution in [0.2, 0.25) is 0 Å². The second-order valence-electron chi connectivity index (χ2n) is 5.41. The predicted molar refractivity (Wildman–Crippen MR) is 78.1 cm³/mol. The van der Waals surface area contributed by atoms with Crippen molar-refractivity contribution in [3.63, 3.8) is 0 Å².